The average molecular weight is 335 g/mol. The number of nitrogens with zero attached hydrogens (tertiary/aromatic N) is 3. The Morgan fingerprint density at radius 1 is 1.53 bits per heavy atom. The van der Waals surface area contributed by atoms with E-state index >= 15 is 0 Å². The summed E-state index contributed by atoms with van der Waals surface area (Å²) in [6.07, 6.45) is 0. The van der Waals surface area contributed by atoms with Crippen LogP contribution in [-0.4, -0.2) is 40.4 Å². The molecule has 94 valence electrons. The van der Waals surface area contributed by atoms with E-state index in [2.05, 4.69) is 30.8 Å². The molecule has 2 heterocycles. The molecule has 1 aromatic heterocycles. The molecule has 2 rings (SSSR count). The maximum absolute atomic E-state index is 5.97. The summed E-state index contributed by atoms with van der Waals surface area (Å²) >= 11 is 7.05. The molecular formula is C10H15BrN4S2. The first-order valence-electron chi connectivity index (χ1n) is 5.41. The maximum Gasteiger partial charge on any atom is 0.191 e. The molecule has 17 heavy (non-hydrogen) atoms. The molecule has 1 aliphatic rings. The van der Waals surface area contributed by atoms with Crippen LogP contribution in [-0.2, 0) is 6.54 Å². The first-order valence-corrected chi connectivity index (χ1v) is 8.17. The highest BCUT2D eigenvalue weighted by molar-refractivity contribution is 9.11. The molecule has 0 spiro atoms. The van der Waals surface area contributed by atoms with Crippen molar-refractivity contribution in [3.8, 4) is 0 Å². The standard InChI is InChI=1S/C10H15BrN4S2/c1-7-9(11)17-8(14-7)6-13-10(12)15-2-4-16-5-3-15/h2-6H2,1H3,(H2,12,13). The number of thioether (sulfide) groups is 1. The molecular weight excluding hydrogens is 320 g/mol. The van der Waals surface area contributed by atoms with Crippen LogP contribution >= 0.6 is 39.0 Å². The van der Waals surface area contributed by atoms with Crippen LogP contribution in [0.25, 0.3) is 0 Å². The molecule has 0 amide bonds. The van der Waals surface area contributed by atoms with Crippen LogP contribution in [0, 0.1) is 6.92 Å². The zero-order chi connectivity index (χ0) is 12.3. The summed E-state index contributed by atoms with van der Waals surface area (Å²) in [4.78, 5) is 11.0. The highest BCUT2D eigenvalue weighted by Crippen LogP contribution is 2.24. The molecule has 1 saturated heterocycles. The number of guanidine groups is 1. The molecule has 0 saturated carbocycles. The third-order valence-electron chi connectivity index (χ3n) is 2.50. The number of hydrogen-bond acceptors (Lipinski definition) is 4. The Morgan fingerprint density at radius 3 is 2.82 bits per heavy atom. The summed E-state index contributed by atoms with van der Waals surface area (Å²) in [6.45, 7) is 4.56. The number of aryl methyl sites for hydroxylation is 1. The van der Waals surface area contributed by atoms with Gasteiger partial charge in [0.15, 0.2) is 5.96 Å². The van der Waals surface area contributed by atoms with Crippen LogP contribution in [0.5, 0.6) is 0 Å². The monoisotopic (exact) mass is 334 g/mol. The molecule has 0 atom stereocenters. The Morgan fingerprint density at radius 2 is 2.24 bits per heavy atom. The van der Waals surface area contributed by atoms with E-state index < -0.39 is 0 Å². The van der Waals surface area contributed by atoms with E-state index in [1.54, 1.807) is 11.3 Å². The zero-order valence-electron chi connectivity index (χ0n) is 9.65. The minimum absolute atomic E-state index is 0.576. The van der Waals surface area contributed by atoms with E-state index in [1.165, 1.54) is 0 Å². The van der Waals surface area contributed by atoms with Crippen LogP contribution in [0.4, 0.5) is 0 Å². The summed E-state index contributed by atoms with van der Waals surface area (Å²) in [5, 5.41) is 1.00. The lowest BCUT2D eigenvalue weighted by Gasteiger charge is -2.27. The Hall–Kier alpha value is -0.270. The van der Waals surface area contributed by atoms with Gasteiger partial charge in [-0.3, -0.25) is 0 Å². The largest absolute Gasteiger partial charge is 0.370 e. The second kappa shape index (κ2) is 6.06. The SMILES string of the molecule is Cc1nc(CN=C(N)N2CCSCC2)sc1Br. The van der Waals surface area contributed by atoms with Gasteiger partial charge >= 0.3 is 0 Å². The highest BCUT2D eigenvalue weighted by Gasteiger charge is 2.12. The second-order valence-electron chi connectivity index (χ2n) is 3.74. The van der Waals surface area contributed by atoms with Gasteiger partial charge in [0.2, 0.25) is 0 Å². The molecule has 7 heteroatoms. The van der Waals surface area contributed by atoms with E-state index in [9.17, 15) is 0 Å². The Balaban J connectivity index is 1.94. The van der Waals surface area contributed by atoms with Gasteiger partial charge in [-0.05, 0) is 22.9 Å². The Kier molecular flexibility index (Phi) is 4.69. The fourth-order valence-electron chi connectivity index (χ4n) is 1.54. The highest BCUT2D eigenvalue weighted by atomic mass is 79.9. The molecule has 0 aliphatic carbocycles. The van der Waals surface area contributed by atoms with Gasteiger partial charge in [-0.2, -0.15) is 11.8 Å². The molecule has 1 aromatic rings. The maximum atomic E-state index is 5.97. The number of nitrogens with two attached hydrogens (primary N) is 1. The third-order valence-corrected chi connectivity index (χ3v) is 5.43. The number of thiazole rings is 1. The quantitative estimate of drug-likeness (QED) is 0.664. The lowest BCUT2D eigenvalue weighted by atomic mass is 10.5. The van der Waals surface area contributed by atoms with E-state index in [-0.39, 0.29) is 0 Å². The van der Waals surface area contributed by atoms with Gasteiger partial charge in [-0.15, -0.1) is 11.3 Å². The number of aliphatic imine (C=N–C) groups is 1. The molecule has 2 N–H and O–H groups in total. The minimum atomic E-state index is 0.576. The first-order chi connectivity index (χ1) is 8.16. The zero-order valence-corrected chi connectivity index (χ0v) is 12.9. The fraction of sp³-hybridized carbons (Fsp3) is 0.600. The van der Waals surface area contributed by atoms with Crippen LogP contribution in [0.3, 0.4) is 0 Å². The van der Waals surface area contributed by atoms with Crippen molar-refractivity contribution in [1.29, 1.82) is 0 Å². The molecule has 0 bridgehead atoms. The molecule has 1 fully saturated rings. The summed E-state index contributed by atoms with van der Waals surface area (Å²) in [6, 6.07) is 0. The fourth-order valence-corrected chi connectivity index (χ4v) is 3.80. The van der Waals surface area contributed by atoms with Gasteiger partial charge < -0.3 is 10.6 Å². The van der Waals surface area contributed by atoms with E-state index in [4.69, 9.17) is 5.73 Å². The summed E-state index contributed by atoms with van der Waals surface area (Å²) in [5.74, 6) is 2.92. The molecule has 0 aromatic carbocycles. The van der Waals surface area contributed by atoms with Crippen molar-refractivity contribution in [2.24, 2.45) is 10.7 Å². The van der Waals surface area contributed by atoms with Gasteiger partial charge in [0, 0.05) is 24.6 Å². The summed E-state index contributed by atoms with van der Waals surface area (Å²) < 4.78 is 1.08. The normalized spacial score (nSPS) is 17.5. The van der Waals surface area contributed by atoms with Gasteiger partial charge in [0.1, 0.15) is 5.01 Å². The van der Waals surface area contributed by atoms with Crippen molar-refractivity contribution in [2.45, 2.75) is 13.5 Å². The topological polar surface area (TPSA) is 54.5 Å². The van der Waals surface area contributed by atoms with Crippen LogP contribution in [0.2, 0.25) is 0 Å². The number of rotatable bonds is 2. The summed E-state index contributed by atoms with van der Waals surface area (Å²) in [5.41, 5.74) is 6.99. The number of hydrogen-bond donors (Lipinski definition) is 1. The van der Waals surface area contributed by atoms with Gasteiger partial charge in [0.25, 0.3) is 0 Å². The molecule has 0 unspecified atom stereocenters. The average Bonchev–Trinajstić information content (AvgIpc) is 2.67. The Labute approximate surface area is 118 Å². The van der Waals surface area contributed by atoms with E-state index in [0.29, 0.717) is 12.5 Å². The van der Waals surface area contributed by atoms with Crippen LogP contribution in [0.1, 0.15) is 10.7 Å². The third kappa shape index (κ3) is 3.59. The second-order valence-corrected chi connectivity index (χ2v) is 7.37. The predicted molar refractivity (Wildman–Crippen MR) is 78.8 cm³/mol. The van der Waals surface area contributed by atoms with Crippen molar-refractivity contribution in [2.75, 3.05) is 24.6 Å². The van der Waals surface area contributed by atoms with Crippen molar-refractivity contribution < 1.29 is 0 Å². The summed E-state index contributed by atoms with van der Waals surface area (Å²) in [7, 11) is 0. The first kappa shape index (κ1) is 13.2. The lowest BCUT2D eigenvalue weighted by Crippen LogP contribution is -2.42. The van der Waals surface area contributed by atoms with E-state index in [0.717, 1.165) is 39.1 Å². The van der Waals surface area contributed by atoms with Crippen molar-refractivity contribution in [1.82, 2.24) is 9.88 Å². The molecule has 0 radical (unpaired) electrons. The minimum Gasteiger partial charge on any atom is -0.370 e. The van der Waals surface area contributed by atoms with E-state index in [1.807, 2.05) is 18.7 Å². The van der Waals surface area contributed by atoms with Gasteiger partial charge in [0.05, 0.1) is 16.0 Å². The van der Waals surface area contributed by atoms with Crippen molar-refractivity contribution in [3.63, 3.8) is 0 Å². The van der Waals surface area contributed by atoms with Crippen molar-refractivity contribution in [3.05, 3.63) is 14.5 Å². The molecule has 4 nitrogen and oxygen atoms in total. The van der Waals surface area contributed by atoms with Crippen molar-refractivity contribution >= 4 is 45.0 Å². The van der Waals surface area contributed by atoms with Gasteiger partial charge in [-0.25, -0.2) is 9.98 Å². The number of halogens is 1. The lowest BCUT2D eigenvalue weighted by molar-refractivity contribution is 0.455. The predicted octanol–water partition coefficient (Wildman–Crippen LogP) is 2.08. The van der Waals surface area contributed by atoms with Crippen LogP contribution in [0.15, 0.2) is 8.78 Å². The Bertz CT molecular complexity index is 393. The number of aromatic nitrogens is 1. The van der Waals surface area contributed by atoms with Gasteiger partial charge in [-0.1, -0.05) is 0 Å². The van der Waals surface area contributed by atoms with Crippen LogP contribution < -0.4 is 5.73 Å². The molecule has 1 aliphatic heterocycles. The smallest absolute Gasteiger partial charge is 0.191 e.